The average Bonchev–Trinajstić information content (AvgIpc) is 2.39. The van der Waals surface area contributed by atoms with Gasteiger partial charge in [0.2, 0.25) is 6.41 Å². The Morgan fingerprint density at radius 3 is 2.53 bits per heavy atom. The molecule has 0 aromatic heterocycles. The summed E-state index contributed by atoms with van der Waals surface area (Å²) in [5, 5.41) is 8.94. The highest BCUT2D eigenvalue weighted by Gasteiger charge is 2.18. The van der Waals surface area contributed by atoms with E-state index in [2.05, 4.69) is 4.74 Å². The third kappa shape index (κ3) is 3.34. The van der Waals surface area contributed by atoms with Crippen LogP contribution in [0.4, 0.5) is 0 Å². The standard InChI is InChI=1S/C12H13NO4/c1-17-12(16)11(8-14)13(9-15)7-10-5-3-2-4-6-10/h2-6,8-9,14H,7H2,1H3/b11-8+. The third-order valence-corrected chi connectivity index (χ3v) is 2.15. The summed E-state index contributed by atoms with van der Waals surface area (Å²) < 4.78 is 4.46. The zero-order valence-electron chi connectivity index (χ0n) is 9.37. The monoisotopic (exact) mass is 235 g/mol. The molecule has 1 aromatic carbocycles. The van der Waals surface area contributed by atoms with Crippen molar-refractivity contribution in [2.45, 2.75) is 6.54 Å². The van der Waals surface area contributed by atoms with E-state index in [-0.39, 0.29) is 12.2 Å². The second kappa shape index (κ2) is 6.32. The lowest BCUT2D eigenvalue weighted by Gasteiger charge is -2.17. The Labute approximate surface area is 98.9 Å². The van der Waals surface area contributed by atoms with Gasteiger partial charge in [-0.2, -0.15) is 0 Å². The van der Waals surface area contributed by atoms with E-state index in [1.54, 1.807) is 0 Å². The molecule has 0 aliphatic carbocycles. The molecule has 0 spiro atoms. The van der Waals surface area contributed by atoms with Gasteiger partial charge < -0.3 is 14.7 Å². The molecule has 0 aliphatic heterocycles. The zero-order valence-corrected chi connectivity index (χ0v) is 9.37. The van der Waals surface area contributed by atoms with Gasteiger partial charge in [0.25, 0.3) is 0 Å². The molecule has 17 heavy (non-hydrogen) atoms. The number of nitrogens with zero attached hydrogens (tertiary/aromatic N) is 1. The van der Waals surface area contributed by atoms with E-state index in [4.69, 9.17) is 5.11 Å². The first-order chi connectivity index (χ1) is 8.22. The van der Waals surface area contributed by atoms with Gasteiger partial charge >= 0.3 is 5.97 Å². The van der Waals surface area contributed by atoms with Crippen LogP contribution in [0, 0.1) is 0 Å². The van der Waals surface area contributed by atoms with Crippen LogP contribution in [-0.4, -0.2) is 29.5 Å². The Bertz CT molecular complexity index is 414. The number of benzene rings is 1. The lowest BCUT2D eigenvalue weighted by Crippen LogP contribution is -2.26. The summed E-state index contributed by atoms with van der Waals surface area (Å²) in [6.45, 7) is 0.186. The minimum atomic E-state index is -0.768. The van der Waals surface area contributed by atoms with Gasteiger partial charge in [-0.15, -0.1) is 0 Å². The maximum absolute atomic E-state index is 11.3. The predicted octanol–water partition coefficient (Wildman–Crippen LogP) is 1.22. The quantitative estimate of drug-likeness (QED) is 0.360. The molecule has 0 unspecified atom stereocenters. The van der Waals surface area contributed by atoms with Crippen LogP contribution in [0.1, 0.15) is 5.56 Å². The van der Waals surface area contributed by atoms with Crippen molar-refractivity contribution < 1.29 is 19.4 Å². The van der Waals surface area contributed by atoms with Gasteiger partial charge in [0, 0.05) is 0 Å². The van der Waals surface area contributed by atoms with Crippen LogP contribution >= 0.6 is 0 Å². The number of methoxy groups -OCH3 is 1. The average molecular weight is 235 g/mol. The van der Waals surface area contributed by atoms with E-state index < -0.39 is 5.97 Å². The molecule has 0 aliphatic rings. The number of hydrogen-bond donors (Lipinski definition) is 1. The maximum atomic E-state index is 11.3. The summed E-state index contributed by atoms with van der Waals surface area (Å²) >= 11 is 0. The van der Waals surface area contributed by atoms with Crippen LogP contribution in [0.5, 0.6) is 0 Å². The van der Waals surface area contributed by atoms with Crippen LogP contribution in [-0.2, 0) is 20.9 Å². The van der Waals surface area contributed by atoms with Gasteiger partial charge in [-0.05, 0) is 5.56 Å². The van der Waals surface area contributed by atoms with E-state index in [1.807, 2.05) is 30.3 Å². The number of amides is 1. The largest absolute Gasteiger partial charge is 0.513 e. The normalized spacial score (nSPS) is 10.8. The van der Waals surface area contributed by atoms with Crippen molar-refractivity contribution in [2.75, 3.05) is 7.11 Å². The van der Waals surface area contributed by atoms with Crippen molar-refractivity contribution in [2.24, 2.45) is 0 Å². The summed E-state index contributed by atoms with van der Waals surface area (Å²) in [5.41, 5.74) is 0.634. The highest BCUT2D eigenvalue weighted by atomic mass is 16.5. The molecule has 0 saturated heterocycles. The molecule has 0 radical (unpaired) electrons. The van der Waals surface area contributed by atoms with Crippen molar-refractivity contribution in [1.29, 1.82) is 0 Å². The zero-order chi connectivity index (χ0) is 12.7. The lowest BCUT2D eigenvalue weighted by atomic mass is 10.2. The number of esters is 1. The molecule has 0 bridgehead atoms. The first kappa shape index (κ1) is 12.8. The molecule has 1 rings (SSSR count). The van der Waals surface area contributed by atoms with Gasteiger partial charge in [0.05, 0.1) is 13.7 Å². The van der Waals surface area contributed by atoms with E-state index in [9.17, 15) is 9.59 Å². The van der Waals surface area contributed by atoms with Gasteiger partial charge in [0.15, 0.2) is 5.70 Å². The molecule has 1 amide bonds. The summed E-state index contributed by atoms with van der Waals surface area (Å²) in [4.78, 5) is 23.2. The Balaban J connectivity index is 2.85. The van der Waals surface area contributed by atoms with E-state index >= 15 is 0 Å². The van der Waals surface area contributed by atoms with Crippen molar-refractivity contribution in [3.8, 4) is 0 Å². The molecule has 0 atom stereocenters. The van der Waals surface area contributed by atoms with Gasteiger partial charge in [-0.3, -0.25) is 4.79 Å². The smallest absolute Gasteiger partial charge is 0.357 e. The van der Waals surface area contributed by atoms with Gasteiger partial charge in [-0.1, -0.05) is 30.3 Å². The number of ether oxygens (including phenoxy) is 1. The van der Waals surface area contributed by atoms with Crippen LogP contribution in [0.25, 0.3) is 0 Å². The molecule has 0 fully saturated rings. The fourth-order valence-electron chi connectivity index (χ4n) is 1.31. The number of carbonyl (C=O) groups excluding carboxylic acids is 2. The number of aliphatic hydroxyl groups excluding tert-OH is 1. The first-order valence-corrected chi connectivity index (χ1v) is 4.91. The fraction of sp³-hybridized carbons (Fsp3) is 0.167. The second-order valence-corrected chi connectivity index (χ2v) is 3.22. The Hall–Kier alpha value is -2.30. The van der Waals surface area contributed by atoms with Crippen molar-refractivity contribution in [1.82, 2.24) is 4.90 Å². The molecule has 1 N–H and O–H groups in total. The molecule has 5 nitrogen and oxygen atoms in total. The topological polar surface area (TPSA) is 66.8 Å². The van der Waals surface area contributed by atoms with Crippen LogP contribution in [0.15, 0.2) is 42.3 Å². The SMILES string of the molecule is COC(=O)/C(=C\O)N(C=O)Cc1ccccc1. The summed E-state index contributed by atoms with van der Waals surface area (Å²) in [6, 6.07) is 9.10. The molecular formula is C12H13NO4. The molecule has 0 saturated carbocycles. The molecular weight excluding hydrogens is 222 g/mol. The van der Waals surface area contributed by atoms with Crippen molar-refractivity contribution in [3.05, 3.63) is 47.9 Å². The maximum Gasteiger partial charge on any atom is 0.357 e. The molecule has 1 aromatic rings. The van der Waals surface area contributed by atoms with Crippen LogP contribution in [0.2, 0.25) is 0 Å². The molecule has 5 heteroatoms. The first-order valence-electron chi connectivity index (χ1n) is 4.91. The summed E-state index contributed by atoms with van der Waals surface area (Å²) in [7, 11) is 1.18. The predicted molar refractivity (Wildman–Crippen MR) is 60.8 cm³/mol. The van der Waals surface area contributed by atoms with Crippen LogP contribution in [0.3, 0.4) is 0 Å². The minimum absolute atomic E-state index is 0.186. The van der Waals surface area contributed by atoms with E-state index in [0.29, 0.717) is 12.7 Å². The van der Waals surface area contributed by atoms with Gasteiger partial charge in [-0.25, -0.2) is 4.79 Å². The Morgan fingerprint density at radius 2 is 2.06 bits per heavy atom. The fourth-order valence-corrected chi connectivity index (χ4v) is 1.31. The lowest BCUT2D eigenvalue weighted by molar-refractivity contribution is -0.140. The third-order valence-electron chi connectivity index (χ3n) is 2.15. The van der Waals surface area contributed by atoms with Gasteiger partial charge in [0.1, 0.15) is 6.26 Å². The number of hydrogen-bond acceptors (Lipinski definition) is 4. The molecule has 0 heterocycles. The summed E-state index contributed by atoms with van der Waals surface area (Å²) in [5.74, 6) is -0.768. The second-order valence-electron chi connectivity index (χ2n) is 3.22. The van der Waals surface area contributed by atoms with Crippen LogP contribution < -0.4 is 0 Å². The Morgan fingerprint density at radius 1 is 1.41 bits per heavy atom. The highest BCUT2D eigenvalue weighted by molar-refractivity contribution is 5.89. The summed E-state index contributed by atoms with van der Waals surface area (Å²) in [6.07, 6.45) is 1.02. The van der Waals surface area contributed by atoms with Crippen molar-refractivity contribution >= 4 is 12.4 Å². The van der Waals surface area contributed by atoms with Crippen molar-refractivity contribution in [3.63, 3.8) is 0 Å². The minimum Gasteiger partial charge on any atom is -0.513 e. The Kier molecular flexibility index (Phi) is 4.75. The van der Waals surface area contributed by atoms with E-state index in [0.717, 1.165) is 10.5 Å². The highest BCUT2D eigenvalue weighted by Crippen LogP contribution is 2.09. The van der Waals surface area contributed by atoms with E-state index in [1.165, 1.54) is 7.11 Å². The molecule has 90 valence electrons. The number of carbonyl (C=O) groups is 2. The number of rotatable bonds is 5. The number of aliphatic hydroxyl groups is 1.